The van der Waals surface area contributed by atoms with Crippen molar-refractivity contribution < 1.29 is 13.9 Å². The monoisotopic (exact) mass is 452 g/mol. The zero-order chi connectivity index (χ0) is 23.5. The number of benzene rings is 3. The van der Waals surface area contributed by atoms with E-state index in [9.17, 15) is 4.79 Å². The molecule has 0 radical (unpaired) electrons. The van der Waals surface area contributed by atoms with Crippen molar-refractivity contribution in [3.8, 4) is 28.9 Å². The van der Waals surface area contributed by atoms with Gasteiger partial charge < -0.3 is 19.8 Å². The number of nitrogens with zero attached hydrogens (tertiary/aromatic N) is 4. The van der Waals surface area contributed by atoms with Crippen molar-refractivity contribution in [3.05, 3.63) is 72.8 Å². The Morgan fingerprint density at radius 3 is 2.29 bits per heavy atom. The van der Waals surface area contributed by atoms with E-state index in [-0.39, 0.29) is 11.8 Å². The number of amides is 1. The van der Waals surface area contributed by atoms with E-state index >= 15 is 0 Å². The van der Waals surface area contributed by atoms with Crippen LogP contribution in [0.2, 0.25) is 0 Å². The minimum atomic E-state index is -0.124. The van der Waals surface area contributed by atoms with E-state index in [4.69, 9.17) is 9.15 Å². The van der Waals surface area contributed by atoms with Crippen molar-refractivity contribution in [3.63, 3.8) is 0 Å². The summed E-state index contributed by atoms with van der Waals surface area (Å²) in [5.74, 6) is 2.08. The lowest BCUT2D eigenvalue weighted by Crippen LogP contribution is -2.05. The highest BCUT2D eigenvalue weighted by atomic mass is 16.5. The van der Waals surface area contributed by atoms with E-state index in [1.807, 2.05) is 72.8 Å². The molecule has 0 aliphatic heterocycles. The van der Waals surface area contributed by atoms with Gasteiger partial charge in [-0.3, -0.25) is 4.79 Å². The number of anilines is 3. The van der Waals surface area contributed by atoms with Crippen molar-refractivity contribution in [2.45, 2.75) is 6.92 Å². The quantitative estimate of drug-likeness (QED) is 0.367. The van der Waals surface area contributed by atoms with Crippen LogP contribution in [0.5, 0.6) is 5.75 Å². The van der Waals surface area contributed by atoms with Gasteiger partial charge >= 0.3 is 0 Å². The number of rotatable bonds is 6. The summed E-state index contributed by atoms with van der Waals surface area (Å²) in [4.78, 5) is 20.5. The predicted octanol–water partition coefficient (Wildman–Crippen LogP) is 5.06. The second kappa shape index (κ2) is 8.99. The molecule has 3 aromatic carbocycles. The highest BCUT2D eigenvalue weighted by molar-refractivity contribution is 5.92. The molecule has 0 saturated heterocycles. The molecule has 5 rings (SSSR count). The van der Waals surface area contributed by atoms with Crippen molar-refractivity contribution in [1.29, 1.82) is 0 Å². The Kier molecular flexibility index (Phi) is 5.57. The Morgan fingerprint density at radius 2 is 1.56 bits per heavy atom. The number of methoxy groups -OCH3 is 1. The second-order valence-electron chi connectivity index (χ2n) is 7.44. The van der Waals surface area contributed by atoms with Crippen molar-refractivity contribution in [2.75, 3.05) is 17.7 Å². The predicted molar refractivity (Wildman–Crippen MR) is 129 cm³/mol. The molecule has 0 aliphatic rings. The summed E-state index contributed by atoms with van der Waals surface area (Å²) in [6, 6.07) is 22.3. The third-order valence-electron chi connectivity index (χ3n) is 5.02. The van der Waals surface area contributed by atoms with Gasteiger partial charge in [0.1, 0.15) is 11.6 Å². The lowest BCUT2D eigenvalue weighted by molar-refractivity contribution is -0.114. The third kappa shape index (κ3) is 4.40. The van der Waals surface area contributed by atoms with Crippen LogP contribution in [0.4, 0.5) is 17.2 Å². The van der Waals surface area contributed by atoms with Gasteiger partial charge in [-0.15, -0.1) is 10.2 Å². The first-order valence-corrected chi connectivity index (χ1v) is 10.5. The van der Waals surface area contributed by atoms with Gasteiger partial charge in [-0.05, 0) is 60.7 Å². The van der Waals surface area contributed by atoms with E-state index in [1.165, 1.54) is 6.92 Å². The molecule has 2 heterocycles. The van der Waals surface area contributed by atoms with E-state index < -0.39 is 0 Å². The van der Waals surface area contributed by atoms with Crippen LogP contribution in [0.25, 0.3) is 34.1 Å². The Morgan fingerprint density at radius 1 is 0.853 bits per heavy atom. The normalized spacial score (nSPS) is 10.8. The third-order valence-corrected chi connectivity index (χ3v) is 5.02. The second-order valence-corrected chi connectivity index (χ2v) is 7.44. The van der Waals surface area contributed by atoms with Gasteiger partial charge in [0.05, 0.1) is 12.6 Å². The van der Waals surface area contributed by atoms with Crippen LogP contribution in [0, 0.1) is 0 Å². The molecule has 0 atom stereocenters. The zero-order valence-corrected chi connectivity index (χ0v) is 18.4. The Balaban J connectivity index is 1.48. The number of para-hydroxylation sites is 1. The minimum absolute atomic E-state index is 0.124. The Hall–Kier alpha value is -4.79. The summed E-state index contributed by atoms with van der Waals surface area (Å²) in [7, 11) is 1.61. The van der Waals surface area contributed by atoms with Crippen molar-refractivity contribution in [1.82, 2.24) is 20.2 Å². The van der Waals surface area contributed by atoms with E-state index in [1.54, 1.807) is 7.11 Å². The lowest BCUT2D eigenvalue weighted by Gasteiger charge is -2.10. The number of carbonyl (C=O) groups excluding carboxylic acids is 1. The maximum absolute atomic E-state index is 11.3. The molecule has 2 N–H and O–H groups in total. The summed E-state index contributed by atoms with van der Waals surface area (Å²) in [5.41, 5.74) is 3.00. The number of nitrogens with one attached hydrogen (secondary N) is 2. The van der Waals surface area contributed by atoms with Crippen molar-refractivity contribution in [2.24, 2.45) is 0 Å². The molecule has 1 amide bonds. The first kappa shape index (κ1) is 21.1. The number of hydrogen-bond donors (Lipinski definition) is 2. The number of ether oxygens (including phenoxy) is 1. The van der Waals surface area contributed by atoms with Gasteiger partial charge in [0, 0.05) is 29.2 Å². The van der Waals surface area contributed by atoms with Crippen molar-refractivity contribution >= 4 is 34.0 Å². The first-order valence-electron chi connectivity index (χ1n) is 10.5. The number of fused-ring (bicyclic) bond motifs is 1. The molecule has 0 spiro atoms. The van der Waals surface area contributed by atoms with Crippen LogP contribution < -0.4 is 15.4 Å². The summed E-state index contributed by atoms with van der Waals surface area (Å²) in [6.45, 7) is 1.47. The number of hydrogen-bond acceptors (Lipinski definition) is 8. The molecule has 0 aliphatic carbocycles. The summed E-state index contributed by atoms with van der Waals surface area (Å²) in [6.07, 6.45) is 0. The Bertz CT molecular complexity index is 1460. The molecule has 0 bridgehead atoms. The zero-order valence-electron chi connectivity index (χ0n) is 18.4. The first-order chi connectivity index (χ1) is 16.6. The van der Waals surface area contributed by atoms with Gasteiger partial charge in [0.2, 0.25) is 17.6 Å². The molecule has 34 heavy (non-hydrogen) atoms. The van der Waals surface area contributed by atoms with Crippen LogP contribution in [-0.2, 0) is 4.79 Å². The molecule has 168 valence electrons. The molecule has 9 heteroatoms. The molecule has 2 aromatic heterocycles. The van der Waals surface area contributed by atoms with Gasteiger partial charge in [0.25, 0.3) is 5.89 Å². The summed E-state index contributed by atoms with van der Waals surface area (Å²) < 4.78 is 11.1. The number of aromatic nitrogens is 4. The van der Waals surface area contributed by atoms with E-state index in [0.717, 1.165) is 27.9 Å². The fourth-order valence-electron chi connectivity index (χ4n) is 3.41. The number of carbonyl (C=O) groups is 1. The minimum Gasteiger partial charge on any atom is -0.497 e. The maximum atomic E-state index is 11.3. The van der Waals surface area contributed by atoms with Crippen LogP contribution >= 0.6 is 0 Å². The smallest absolute Gasteiger partial charge is 0.286 e. The standard InChI is InChI=1S/C25H20N6O3/c1-15(32)26-17-9-11-18(12-10-17)27-22-20-5-3-4-6-21(20)28-23(29-22)25-31-30-24(34-25)16-7-13-19(33-2)14-8-16/h3-14H,1-2H3,(H,26,32)(H,27,28,29). The summed E-state index contributed by atoms with van der Waals surface area (Å²) in [5, 5.41) is 15.2. The van der Waals surface area contributed by atoms with Crippen LogP contribution in [-0.4, -0.2) is 33.2 Å². The Labute approximate surface area is 194 Å². The average molecular weight is 452 g/mol. The van der Waals surface area contributed by atoms with Gasteiger partial charge in [-0.2, -0.15) is 0 Å². The van der Waals surface area contributed by atoms with E-state index in [2.05, 4.69) is 30.8 Å². The fraction of sp³-hybridized carbons (Fsp3) is 0.0800. The van der Waals surface area contributed by atoms with Crippen LogP contribution in [0.1, 0.15) is 6.92 Å². The molecule has 0 unspecified atom stereocenters. The maximum Gasteiger partial charge on any atom is 0.286 e. The topological polar surface area (TPSA) is 115 Å². The van der Waals surface area contributed by atoms with Gasteiger partial charge in [-0.25, -0.2) is 9.97 Å². The fourth-order valence-corrected chi connectivity index (χ4v) is 3.41. The van der Waals surface area contributed by atoms with Gasteiger partial charge in [-0.1, -0.05) is 12.1 Å². The van der Waals surface area contributed by atoms with Crippen LogP contribution in [0.3, 0.4) is 0 Å². The average Bonchev–Trinajstić information content (AvgIpc) is 3.35. The lowest BCUT2D eigenvalue weighted by atomic mass is 10.2. The molecule has 0 fully saturated rings. The van der Waals surface area contributed by atoms with Crippen LogP contribution in [0.15, 0.2) is 77.2 Å². The highest BCUT2D eigenvalue weighted by Crippen LogP contribution is 2.29. The van der Waals surface area contributed by atoms with Gasteiger partial charge in [0.15, 0.2) is 0 Å². The van der Waals surface area contributed by atoms with E-state index in [0.29, 0.717) is 23.2 Å². The SMILES string of the molecule is COc1ccc(-c2nnc(-c3nc(Nc4ccc(NC(C)=O)cc4)c4ccccc4n3)o2)cc1. The molecular weight excluding hydrogens is 432 g/mol. The molecule has 0 saturated carbocycles. The molecular formula is C25H20N6O3. The summed E-state index contributed by atoms with van der Waals surface area (Å²) >= 11 is 0. The highest BCUT2D eigenvalue weighted by Gasteiger charge is 2.16. The molecule has 5 aromatic rings. The molecule has 9 nitrogen and oxygen atoms in total. The largest absolute Gasteiger partial charge is 0.497 e.